The van der Waals surface area contributed by atoms with Gasteiger partial charge in [0.05, 0.1) is 5.57 Å². The van der Waals surface area contributed by atoms with Gasteiger partial charge in [0.25, 0.3) is 0 Å². The van der Waals surface area contributed by atoms with E-state index < -0.39 is 12.0 Å². The van der Waals surface area contributed by atoms with Gasteiger partial charge in [-0.15, -0.1) is 5.10 Å². The molecule has 1 aliphatic heterocycles. The molecule has 0 bridgehead atoms. The second-order valence-electron chi connectivity index (χ2n) is 7.05. The summed E-state index contributed by atoms with van der Waals surface area (Å²) in [4.78, 5) is 17.5. The number of allylic oxidation sites excluding steroid dienone is 1. The van der Waals surface area contributed by atoms with Crippen LogP contribution in [-0.4, -0.2) is 27.3 Å². The van der Waals surface area contributed by atoms with E-state index in [4.69, 9.17) is 33.0 Å². The van der Waals surface area contributed by atoms with Gasteiger partial charge < -0.3 is 10.1 Å². The lowest BCUT2D eigenvalue weighted by molar-refractivity contribution is -0.138. The molecule has 4 rings (SSSR count). The Morgan fingerprint density at radius 1 is 1.25 bits per heavy atom. The normalized spacial score (nSPS) is 15.2. The van der Waals surface area contributed by atoms with Gasteiger partial charge in [-0.1, -0.05) is 78.0 Å². The topological polar surface area (TPSA) is 69.0 Å². The molecule has 0 spiro atoms. The molecule has 164 valence electrons. The number of carbonyl (C=O) groups is 1. The van der Waals surface area contributed by atoms with E-state index in [0.29, 0.717) is 38.2 Å². The summed E-state index contributed by atoms with van der Waals surface area (Å²) in [7, 11) is 0. The van der Waals surface area contributed by atoms with Crippen molar-refractivity contribution in [3.63, 3.8) is 0 Å². The zero-order valence-electron chi connectivity index (χ0n) is 17.2. The third-order valence-corrected chi connectivity index (χ3v) is 6.39. The van der Waals surface area contributed by atoms with Crippen LogP contribution in [0.4, 0.5) is 5.95 Å². The van der Waals surface area contributed by atoms with E-state index in [2.05, 4.69) is 16.9 Å². The summed E-state index contributed by atoms with van der Waals surface area (Å²) in [6.07, 6.45) is 1.53. The lowest BCUT2D eigenvalue weighted by Crippen LogP contribution is -2.29. The van der Waals surface area contributed by atoms with Gasteiger partial charge >= 0.3 is 5.97 Å². The zero-order valence-corrected chi connectivity index (χ0v) is 19.5. The van der Waals surface area contributed by atoms with Gasteiger partial charge in [-0.25, -0.2) is 9.48 Å². The van der Waals surface area contributed by atoms with Gasteiger partial charge in [-0.3, -0.25) is 0 Å². The number of thioether (sulfide) groups is 1. The Bertz CT molecular complexity index is 1190. The minimum absolute atomic E-state index is 0.117. The molecule has 9 heteroatoms. The van der Waals surface area contributed by atoms with Crippen LogP contribution in [0.2, 0.25) is 10.0 Å². The van der Waals surface area contributed by atoms with Gasteiger partial charge in [0.2, 0.25) is 11.1 Å². The molecule has 0 radical (unpaired) electrons. The number of fused-ring (bicyclic) bond motifs is 1. The maximum absolute atomic E-state index is 12.9. The van der Waals surface area contributed by atoms with Crippen LogP contribution >= 0.6 is 35.0 Å². The van der Waals surface area contributed by atoms with Crippen molar-refractivity contribution >= 4 is 46.9 Å². The van der Waals surface area contributed by atoms with Crippen molar-refractivity contribution in [1.29, 1.82) is 0 Å². The van der Waals surface area contributed by atoms with E-state index in [1.54, 1.807) is 16.8 Å². The average molecular weight is 487 g/mol. The maximum atomic E-state index is 12.9. The van der Waals surface area contributed by atoms with E-state index >= 15 is 0 Å². The van der Waals surface area contributed by atoms with E-state index in [9.17, 15) is 4.79 Å². The number of anilines is 1. The highest BCUT2D eigenvalue weighted by Gasteiger charge is 2.35. The van der Waals surface area contributed by atoms with Crippen molar-refractivity contribution in [1.82, 2.24) is 14.8 Å². The number of benzene rings is 2. The van der Waals surface area contributed by atoms with Crippen molar-refractivity contribution in [2.24, 2.45) is 0 Å². The molecular weight excluding hydrogens is 467 g/mol. The molecule has 6 nitrogen and oxygen atoms in total. The van der Waals surface area contributed by atoms with Crippen LogP contribution in [0.15, 0.2) is 77.6 Å². The Balaban J connectivity index is 1.69. The van der Waals surface area contributed by atoms with Gasteiger partial charge in [-0.2, -0.15) is 4.98 Å². The molecule has 1 aromatic heterocycles. The first-order chi connectivity index (χ1) is 15.5. The highest BCUT2D eigenvalue weighted by molar-refractivity contribution is 7.98. The van der Waals surface area contributed by atoms with Gasteiger partial charge in [0.1, 0.15) is 12.6 Å². The third-order valence-electron chi connectivity index (χ3n) is 4.89. The second-order valence-corrected chi connectivity index (χ2v) is 8.83. The molecule has 0 saturated carbocycles. The number of rotatable bonds is 7. The van der Waals surface area contributed by atoms with Crippen LogP contribution in [0.3, 0.4) is 0 Å². The number of hydrogen-bond donors (Lipinski definition) is 1. The summed E-state index contributed by atoms with van der Waals surface area (Å²) in [5.41, 5.74) is 2.95. The van der Waals surface area contributed by atoms with E-state index in [1.807, 2.05) is 43.3 Å². The fourth-order valence-electron chi connectivity index (χ4n) is 3.38. The van der Waals surface area contributed by atoms with Crippen LogP contribution in [0, 0.1) is 0 Å². The standard InChI is InChI=1S/C23H20Cl2N4O2S/c1-3-12-31-21(30)19-14(2)26-22-27-23(32-13-16-6-4-5-7-18(16)25)28-29(22)20(19)15-8-10-17(24)11-9-15/h3-11,20H,1,12-13H2,2H3,(H,26,27,28)/t20-/m0/s1. The quantitative estimate of drug-likeness (QED) is 0.255. The SMILES string of the molecule is C=CCOC(=O)C1=C(C)Nc2nc(SCc3ccccc3Cl)nn2[C@H]1c1ccc(Cl)cc1. The summed E-state index contributed by atoms with van der Waals surface area (Å²) in [6.45, 7) is 5.55. The molecule has 1 atom stereocenters. The van der Waals surface area contributed by atoms with Crippen LogP contribution in [-0.2, 0) is 15.3 Å². The molecule has 0 aliphatic carbocycles. The first-order valence-corrected chi connectivity index (χ1v) is 11.6. The Morgan fingerprint density at radius 3 is 2.72 bits per heavy atom. The molecule has 32 heavy (non-hydrogen) atoms. The molecule has 2 aromatic carbocycles. The number of ether oxygens (including phenoxy) is 1. The number of carbonyl (C=O) groups excluding carboxylic acids is 1. The molecule has 0 fully saturated rings. The number of halogens is 2. The van der Waals surface area contributed by atoms with E-state index in [1.165, 1.54) is 17.8 Å². The van der Waals surface area contributed by atoms with Gasteiger partial charge in [0, 0.05) is 21.5 Å². The fraction of sp³-hybridized carbons (Fsp3) is 0.174. The summed E-state index contributed by atoms with van der Waals surface area (Å²) in [6, 6.07) is 14.5. The minimum atomic E-state index is -0.511. The van der Waals surface area contributed by atoms with Crippen molar-refractivity contribution in [3.05, 3.63) is 93.6 Å². The summed E-state index contributed by atoms with van der Waals surface area (Å²) < 4.78 is 7.06. The molecule has 0 saturated heterocycles. The van der Waals surface area contributed by atoms with E-state index in [-0.39, 0.29) is 6.61 Å². The molecule has 1 N–H and O–H groups in total. The number of nitrogens with zero attached hydrogens (tertiary/aromatic N) is 3. The Labute approximate surface area is 200 Å². The molecular formula is C23H20Cl2N4O2S. The molecule has 0 unspecified atom stereocenters. The molecule has 3 aromatic rings. The molecule has 1 aliphatic rings. The van der Waals surface area contributed by atoms with Crippen molar-refractivity contribution in [2.75, 3.05) is 11.9 Å². The van der Waals surface area contributed by atoms with Crippen LogP contribution in [0.5, 0.6) is 0 Å². The van der Waals surface area contributed by atoms with Gasteiger partial charge in [-0.05, 0) is 36.2 Å². The van der Waals surface area contributed by atoms with Crippen molar-refractivity contribution in [3.8, 4) is 0 Å². The molecule has 0 amide bonds. The summed E-state index contributed by atoms with van der Waals surface area (Å²) in [5.74, 6) is 0.723. The summed E-state index contributed by atoms with van der Waals surface area (Å²) in [5, 5.41) is 9.75. The monoisotopic (exact) mass is 486 g/mol. The Hall–Kier alpha value is -2.74. The van der Waals surface area contributed by atoms with E-state index in [0.717, 1.165) is 11.1 Å². The first-order valence-electron chi connectivity index (χ1n) is 9.82. The third kappa shape index (κ3) is 4.70. The van der Waals surface area contributed by atoms with Crippen LogP contribution in [0.25, 0.3) is 0 Å². The Morgan fingerprint density at radius 2 is 2.00 bits per heavy atom. The first kappa shape index (κ1) is 22.5. The highest BCUT2D eigenvalue weighted by Crippen LogP contribution is 2.37. The largest absolute Gasteiger partial charge is 0.458 e. The number of aromatic nitrogens is 3. The summed E-state index contributed by atoms with van der Waals surface area (Å²) >= 11 is 13.8. The predicted octanol–water partition coefficient (Wildman–Crippen LogP) is 5.90. The number of nitrogens with one attached hydrogen (secondary N) is 1. The van der Waals surface area contributed by atoms with Crippen LogP contribution < -0.4 is 5.32 Å². The average Bonchev–Trinajstić information content (AvgIpc) is 3.19. The number of esters is 1. The lowest BCUT2D eigenvalue weighted by atomic mass is 9.96. The number of hydrogen-bond acceptors (Lipinski definition) is 6. The lowest BCUT2D eigenvalue weighted by Gasteiger charge is -2.28. The van der Waals surface area contributed by atoms with Gasteiger partial charge in [0.15, 0.2) is 0 Å². The van der Waals surface area contributed by atoms with Crippen LogP contribution in [0.1, 0.15) is 24.1 Å². The fourth-order valence-corrected chi connectivity index (χ4v) is 4.62. The van der Waals surface area contributed by atoms with Crippen molar-refractivity contribution < 1.29 is 9.53 Å². The van der Waals surface area contributed by atoms with Crippen molar-refractivity contribution in [2.45, 2.75) is 23.9 Å². The Kier molecular flexibility index (Phi) is 6.89. The second kappa shape index (κ2) is 9.81. The predicted molar refractivity (Wildman–Crippen MR) is 128 cm³/mol. The minimum Gasteiger partial charge on any atom is -0.458 e. The molecule has 2 heterocycles. The highest BCUT2D eigenvalue weighted by atomic mass is 35.5. The zero-order chi connectivity index (χ0) is 22.7. The maximum Gasteiger partial charge on any atom is 0.338 e. The smallest absolute Gasteiger partial charge is 0.338 e.